The summed E-state index contributed by atoms with van der Waals surface area (Å²) in [6, 6.07) is 9.52. The van der Waals surface area contributed by atoms with Gasteiger partial charge in [-0.1, -0.05) is 24.3 Å². The van der Waals surface area contributed by atoms with E-state index in [1.807, 2.05) is 30.3 Å². The van der Waals surface area contributed by atoms with Crippen LogP contribution in [0.25, 0.3) is 10.8 Å². The van der Waals surface area contributed by atoms with Crippen molar-refractivity contribution < 1.29 is 8.42 Å². The lowest BCUT2D eigenvalue weighted by Gasteiger charge is -2.21. The van der Waals surface area contributed by atoms with Gasteiger partial charge in [-0.05, 0) is 35.5 Å². The number of nitrogens with two attached hydrogens (primary N) is 1. The lowest BCUT2D eigenvalue weighted by Crippen LogP contribution is -2.27. The third-order valence-corrected chi connectivity index (χ3v) is 4.38. The van der Waals surface area contributed by atoms with Crippen molar-refractivity contribution in [3.63, 3.8) is 0 Å². The Morgan fingerprint density at radius 3 is 2.78 bits per heavy atom. The average Bonchev–Trinajstić information content (AvgIpc) is 2.34. The van der Waals surface area contributed by atoms with Crippen LogP contribution < -0.4 is 10.5 Å². The number of sulfonamides is 1. The molecule has 1 aliphatic heterocycles. The van der Waals surface area contributed by atoms with Gasteiger partial charge in [-0.2, -0.15) is 0 Å². The highest BCUT2D eigenvalue weighted by molar-refractivity contribution is 7.89. The Balaban J connectivity index is 2.48. The van der Waals surface area contributed by atoms with Crippen molar-refractivity contribution in [2.75, 3.05) is 6.54 Å². The molecule has 0 radical (unpaired) electrons. The van der Waals surface area contributed by atoms with Gasteiger partial charge in [0.15, 0.2) is 0 Å². The standard InChI is InChI=1S/C13H14N2O2S/c14-18(16,17)13-11-4-2-1-3-9(11)7-10-8-15-6-5-12(10)13/h1-4,7,15H,5-6,8H2,(H2,14,16,17). The molecule has 3 rings (SSSR count). The molecule has 94 valence electrons. The second-order valence-electron chi connectivity index (χ2n) is 4.54. The van der Waals surface area contributed by atoms with Crippen LogP contribution in [-0.4, -0.2) is 15.0 Å². The van der Waals surface area contributed by atoms with Gasteiger partial charge < -0.3 is 5.32 Å². The topological polar surface area (TPSA) is 72.2 Å². The highest BCUT2D eigenvalue weighted by atomic mass is 32.2. The normalized spacial score (nSPS) is 15.6. The van der Waals surface area contributed by atoms with E-state index in [1.165, 1.54) is 0 Å². The summed E-state index contributed by atoms with van der Waals surface area (Å²) in [7, 11) is -3.70. The van der Waals surface area contributed by atoms with Crippen molar-refractivity contribution in [3.05, 3.63) is 41.5 Å². The summed E-state index contributed by atoms with van der Waals surface area (Å²) < 4.78 is 23.8. The highest BCUT2D eigenvalue weighted by Gasteiger charge is 2.22. The van der Waals surface area contributed by atoms with Crippen molar-refractivity contribution in [2.45, 2.75) is 17.9 Å². The molecule has 3 N–H and O–H groups in total. The minimum atomic E-state index is -3.70. The first-order chi connectivity index (χ1) is 8.57. The molecular formula is C13H14N2O2S. The number of rotatable bonds is 1. The minimum Gasteiger partial charge on any atom is -0.312 e. The number of benzene rings is 2. The summed E-state index contributed by atoms with van der Waals surface area (Å²) in [4.78, 5) is 0.303. The first kappa shape index (κ1) is 11.6. The molecule has 0 bridgehead atoms. The fourth-order valence-electron chi connectivity index (χ4n) is 2.61. The summed E-state index contributed by atoms with van der Waals surface area (Å²) >= 11 is 0. The van der Waals surface area contributed by atoms with Crippen LogP contribution in [0.3, 0.4) is 0 Å². The molecule has 4 nitrogen and oxygen atoms in total. The van der Waals surface area contributed by atoms with Crippen LogP contribution in [0.5, 0.6) is 0 Å². The predicted octanol–water partition coefficient (Wildman–Crippen LogP) is 1.13. The second-order valence-corrected chi connectivity index (χ2v) is 6.03. The molecule has 2 aromatic carbocycles. The Hall–Kier alpha value is -1.43. The van der Waals surface area contributed by atoms with Gasteiger partial charge in [-0.25, -0.2) is 13.6 Å². The quantitative estimate of drug-likeness (QED) is 0.809. The van der Waals surface area contributed by atoms with Crippen molar-refractivity contribution in [2.24, 2.45) is 5.14 Å². The summed E-state index contributed by atoms with van der Waals surface area (Å²) in [6.45, 7) is 1.48. The van der Waals surface area contributed by atoms with Gasteiger partial charge >= 0.3 is 0 Å². The summed E-state index contributed by atoms with van der Waals surface area (Å²) in [5, 5.41) is 10.3. The molecule has 1 heterocycles. The van der Waals surface area contributed by atoms with Gasteiger partial charge in [-0.15, -0.1) is 0 Å². The number of hydrogen-bond donors (Lipinski definition) is 2. The fraction of sp³-hybridized carbons (Fsp3) is 0.231. The zero-order valence-electron chi connectivity index (χ0n) is 9.81. The summed E-state index contributed by atoms with van der Waals surface area (Å²) in [5.41, 5.74) is 1.90. The third-order valence-electron chi connectivity index (χ3n) is 3.35. The van der Waals surface area contributed by atoms with Gasteiger partial charge in [-0.3, -0.25) is 0 Å². The van der Waals surface area contributed by atoms with Crippen LogP contribution in [-0.2, 0) is 23.0 Å². The van der Waals surface area contributed by atoms with E-state index in [4.69, 9.17) is 5.14 Å². The van der Waals surface area contributed by atoms with Gasteiger partial charge in [0.1, 0.15) is 0 Å². The van der Waals surface area contributed by atoms with Crippen molar-refractivity contribution in [3.8, 4) is 0 Å². The van der Waals surface area contributed by atoms with E-state index in [0.29, 0.717) is 17.9 Å². The van der Waals surface area contributed by atoms with Gasteiger partial charge in [0.05, 0.1) is 4.90 Å². The second kappa shape index (κ2) is 4.05. The summed E-state index contributed by atoms with van der Waals surface area (Å²) in [6.07, 6.45) is 0.700. The maximum atomic E-state index is 11.9. The van der Waals surface area contributed by atoms with Crippen molar-refractivity contribution >= 4 is 20.8 Å². The van der Waals surface area contributed by atoms with E-state index in [9.17, 15) is 8.42 Å². The van der Waals surface area contributed by atoms with Gasteiger partial charge in [0.2, 0.25) is 10.0 Å². The molecule has 0 spiro atoms. The Morgan fingerprint density at radius 2 is 2.00 bits per heavy atom. The number of nitrogens with one attached hydrogen (secondary N) is 1. The first-order valence-electron chi connectivity index (χ1n) is 5.84. The first-order valence-corrected chi connectivity index (χ1v) is 7.39. The molecule has 0 unspecified atom stereocenters. The molecule has 0 saturated carbocycles. The fourth-order valence-corrected chi connectivity index (χ4v) is 3.68. The van der Waals surface area contributed by atoms with E-state index in [-0.39, 0.29) is 0 Å². The van der Waals surface area contributed by atoms with Crippen LogP contribution in [0.4, 0.5) is 0 Å². The molecule has 18 heavy (non-hydrogen) atoms. The molecule has 0 saturated heterocycles. The minimum absolute atomic E-state index is 0.303. The number of primary sulfonamides is 1. The Morgan fingerprint density at radius 1 is 1.22 bits per heavy atom. The van der Waals surface area contributed by atoms with Crippen LogP contribution >= 0.6 is 0 Å². The van der Waals surface area contributed by atoms with Crippen LogP contribution in [0.1, 0.15) is 11.1 Å². The Bertz CT molecular complexity index is 723. The molecule has 0 fully saturated rings. The zero-order valence-corrected chi connectivity index (χ0v) is 10.6. The Labute approximate surface area is 106 Å². The van der Waals surface area contributed by atoms with Crippen molar-refractivity contribution in [1.82, 2.24) is 5.32 Å². The van der Waals surface area contributed by atoms with E-state index < -0.39 is 10.0 Å². The van der Waals surface area contributed by atoms with Gasteiger partial charge in [0, 0.05) is 11.9 Å². The maximum absolute atomic E-state index is 11.9. The zero-order chi connectivity index (χ0) is 12.8. The molecule has 1 aliphatic rings. The van der Waals surface area contributed by atoms with Gasteiger partial charge in [0.25, 0.3) is 0 Å². The molecular weight excluding hydrogens is 248 g/mol. The molecule has 0 aromatic heterocycles. The van der Waals surface area contributed by atoms with E-state index in [1.54, 1.807) is 0 Å². The molecule has 0 aliphatic carbocycles. The maximum Gasteiger partial charge on any atom is 0.238 e. The smallest absolute Gasteiger partial charge is 0.238 e. The molecule has 0 amide bonds. The molecule has 5 heteroatoms. The van der Waals surface area contributed by atoms with Crippen LogP contribution in [0.2, 0.25) is 0 Å². The number of fused-ring (bicyclic) bond motifs is 2. The van der Waals surface area contributed by atoms with E-state index >= 15 is 0 Å². The molecule has 2 aromatic rings. The van der Waals surface area contributed by atoms with Crippen LogP contribution in [0.15, 0.2) is 35.2 Å². The van der Waals surface area contributed by atoms with Crippen LogP contribution in [0, 0.1) is 0 Å². The SMILES string of the molecule is NS(=O)(=O)c1c2c(cc3ccccc13)CNCC2. The average molecular weight is 262 g/mol. The lowest BCUT2D eigenvalue weighted by molar-refractivity contribution is 0.592. The third kappa shape index (κ3) is 1.80. The highest BCUT2D eigenvalue weighted by Crippen LogP contribution is 2.30. The lowest BCUT2D eigenvalue weighted by atomic mass is 9.96. The predicted molar refractivity (Wildman–Crippen MR) is 70.7 cm³/mol. The summed E-state index contributed by atoms with van der Waals surface area (Å²) in [5.74, 6) is 0. The van der Waals surface area contributed by atoms with E-state index in [2.05, 4.69) is 5.32 Å². The monoisotopic (exact) mass is 262 g/mol. The van der Waals surface area contributed by atoms with E-state index in [0.717, 1.165) is 28.4 Å². The number of hydrogen-bond acceptors (Lipinski definition) is 3. The molecule has 0 atom stereocenters. The largest absolute Gasteiger partial charge is 0.312 e. The van der Waals surface area contributed by atoms with Crippen molar-refractivity contribution in [1.29, 1.82) is 0 Å². The Kier molecular flexibility index (Phi) is 2.62.